The Bertz CT molecular complexity index is 340. The van der Waals surface area contributed by atoms with E-state index in [2.05, 4.69) is 5.32 Å². The monoisotopic (exact) mass is 195 g/mol. The second kappa shape index (κ2) is 3.58. The highest BCUT2D eigenvalue weighted by Gasteiger charge is 2.32. The molecule has 0 spiro atoms. The molecule has 14 heavy (non-hydrogen) atoms. The lowest BCUT2D eigenvalue weighted by Crippen LogP contribution is -2.28. The van der Waals surface area contributed by atoms with Crippen molar-refractivity contribution in [2.45, 2.75) is 26.0 Å². The Morgan fingerprint density at radius 2 is 2.29 bits per heavy atom. The Labute approximate surface area is 83.1 Å². The van der Waals surface area contributed by atoms with E-state index < -0.39 is 0 Å². The van der Waals surface area contributed by atoms with E-state index in [1.807, 2.05) is 19.9 Å². The molecule has 3 heteroatoms. The predicted octanol–water partition coefficient (Wildman–Crippen LogP) is 2.26. The maximum absolute atomic E-state index is 13.3. The first-order valence-corrected chi connectivity index (χ1v) is 4.92. The molecule has 2 atom stereocenters. The van der Waals surface area contributed by atoms with Crippen molar-refractivity contribution in [2.75, 3.05) is 6.54 Å². The van der Waals surface area contributed by atoms with E-state index in [-0.39, 0.29) is 18.0 Å². The Balaban J connectivity index is 2.37. The van der Waals surface area contributed by atoms with Crippen LogP contribution in [0.2, 0.25) is 0 Å². The molecule has 1 N–H and O–H groups in total. The van der Waals surface area contributed by atoms with Crippen LogP contribution in [0.25, 0.3) is 0 Å². The summed E-state index contributed by atoms with van der Waals surface area (Å²) in [6.07, 6.45) is 0.00171. The molecule has 0 aliphatic carbocycles. The number of halogens is 1. The third-order valence-electron chi connectivity index (χ3n) is 2.53. The van der Waals surface area contributed by atoms with E-state index in [1.165, 1.54) is 6.07 Å². The summed E-state index contributed by atoms with van der Waals surface area (Å²) in [5, 5.41) is 3.29. The maximum Gasteiger partial charge on any atom is 0.165 e. The molecule has 1 aromatic carbocycles. The molecular formula is C11H14FNO. The topological polar surface area (TPSA) is 21.3 Å². The van der Waals surface area contributed by atoms with Crippen LogP contribution in [0.5, 0.6) is 5.75 Å². The molecule has 2 nitrogen and oxygen atoms in total. The summed E-state index contributed by atoms with van der Waals surface area (Å²) in [6.45, 7) is 4.84. The summed E-state index contributed by atoms with van der Waals surface area (Å²) >= 11 is 0. The van der Waals surface area contributed by atoms with Gasteiger partial charge >= 0.3 is 0 Å². The second-order valence-electron chi connectivity index (χ2n) is 3.52. The van der Waals surface area contributed by atoms with Gasteiger partial charge in [0.25, 0.3) is 0 Å². The standard InChI is InChI=1S/C11H14FNO/c1-3-13-10-7(2)14-11-8(10)5-4-6-9(11)12/h4-7,10,13H,3H2,1-2H3. The summed E-state index contributed by atoms with van der Waals surface area (Å²) in [4.78, 5) is 0. The van der Waals surface area contributed by atoms with Crippen molar-refractivity contribution in [3.05, 3.63) is 29.6 Å². The van der Waals surface area contributed by atoms with E-state index >= 15 is 0 Å². The van der Waals surface area contributed by atoms with Gasteiger partial charge in [-0.3, -0.25) is 0 Å². The van der Waals surface area contributed by atoms with Gasteiger partial charge in [-0.1, -0.05) is 19.1 Å². The minimum Gasteiger partial charge on any atom is -0.485 e. The van der Waals surface area contributed by atoms with Crippen LogP contribution < -0.4 is 10.1 Å². The van der Waals surface area contributed by atoms with Crippen molar-refractivity contribution in [2.24, 2.45) is 0 Å². The molecule has 0 saturated carbocycles. The third kappa shape index (κ3) is 1.38. The molecule has 2 unspecified atom stereocenters. The second-order valence-corrected chi connectivity index (χ2v) is 3.52. The molecule has 1 aliphatic rings. The van der Waals surface area contributed by atoms with E-state index in [0.29, 0.717) is 5.75 Å². The number of nitrogens with one attached hydrogen (secondary N) is 1. The molecule has 0 radical (unpaired) electrons. The summed E-state index contributed by atoms with van der Waals surface area (Å²) < 4.78 is 18.8. The fourth-order valence-electron chi connectivity index (χ4n) is 1.90. The Kier molecular flexibility index (Phi) is 2.42. The van der Waals surface area contributed by atoms with Gasteiger partial charge in [-0.25, -0.2) is 4.39 Å². The SMILES string of the molecule is CCNC1c2cccc(F)c2OC1C. The first-order chi connectivity index (χ1) is 6.74. The number of hydrogen-bond acceptors (Lipinski definition) is 2. The number of ether oxygens (including phenoxy) is 1. The number of benzene rings is 1. The average molecular weight is 195 g/mol. The van der Waals surface area contributed by atoms with E-state index in [9.17, 15) is 4.39 Å². The van der Waals surface area contributed by atoms with Crippen molar-refractivity contribution in [3.63, 3.8) is 0 Å². The molecule has 1 heterocycles. The quantitative estimate of drug-likeness (QED) is 0.781. The highest BCUT2D eigenvalue weighted by molar-refractivity contribution is 5.41. The molecule has 0 fully saturated rings. The van der Waals surface area contributed by atoms with Gasteiger partial charge in [0.1, 0.15) is 6.10 Å². The van der Waals surface area contributed by atoms with Gasteiger partial charge in [0, 0.05) is 5.56 Å². The summed E-state index contributed by atoms with van der Waals surface area (Å²) in [5.41, 5.74) is 0.930. The van der Waals surface area contributed by atoms with Crippen LogP contribution in [0.15, 0.2) is 18.2 Å². The molecule has 0 bridgehead atoms. The van der Waals surface area contributed by atoms with Crippen LogP contribution in [-0.4, -0.2) is 12.6 Å². The highest BCUT2D eigenvalue weighted by atomic mass is 19.1. The summed E-state index contributed by atoms with van der Waals surface area (Å²) in [7, 11) is 0. The normalized spacial score (nSPS) is 24.5. The van der Waals surface area contributed by atoms with Crippen LogP contribution in [-0.2, 0) is 0 Å². The number of para-hydroxylation sites is 1. The van der Waals surface area contributed by atoms with E-state index in [4.69, 9.17) is 4.74 Å². The lowest BCUT2D eigenvalue weighted by Gasteiger charge is -2.14. The summed E-state index contributed by atoms with van der Waals surface area (Å²) in [5.74, 6) is 0.140. The average Bonchev–Trinajstić information content (AvgIpc) is 2.47. The Morgan fingerprint density at radius 1 is 1.50 bits per heavy atom. The first-order valence-electron chi connectivity index (χ1n) is 4.92. The zero-order valence-electron chi connectivity index (χ0n) is 8.38. The lowest BCUT2D eigenvalue weighted by molar-refractivity contribution is 0.204. The fourth-order valence-corrected chi connectivity index (χ4v) is 1.90. The smallest absolute Gasteiger partial charge is 0.165 e. The van der Waals surface area contributed by atoms with Gasteiger partial charge in [0.2, 0.25) is 0 Å². The van der Waals surface area contributed by atoms with Crippen molar-refractivity contribution < 1.29 is 9.13 Å². The van der Waals surface area contributed by atoms with Crippen LogP contribution >= 0.6 is 0 Å². The minimum absolute atomic E-state index is 0.00171. The zero-order valence-corrected chi connectivity index (χ0v) is 8.38. The molecule has 1 aliphatic heterocycles. The number of fused-ring (bicyclic) bond motifs is 1. The maximum atomic E-state index is 13.3. The number of likely N-dealkylation sites (N-methyl/N-ethyl adjacent to an activating group) is 1. The van der Waals surface area contributed by atoms with Gasteiger partial charge in [0.15, 0.2) is 11.6 Å². The van der Waals surface area contributed by atoms with Crippen LogP contribution in [0, 0.1) is 5.82 Å². The lowest BCUT2D eigenvalue weighted by atomic mass is 10.0. The first kappa shape index (κ1) is 9.46. The van der Waals surface area contributed by atoms with Gasteiger partial charge in [-0.15, -0.1) is 0 Å². The molecular weight excluding hydrogens is 181 g/mol. The van der Waals surface area contributed by atoms with E-state index in [0.717, 1.165) is 12.1 Å². The van der Waals surface area contributed by atoms with Gasteiger partial charge in [0.05, 0.1) is 6.04 Å². The molecule has 76 valence electrons. The van der Waals surface area contributed by atoms with E-state index in [1.54, 1.807) is 6.07 Å². The van der Waals surface area contributed by atoms with Gasteiger partial charge < -0.3 is 10.1 Å². The Hall–Kier alpha value is -1.09. The number of rotatable bonds is 2. The van der Waals surface area contributed by atoms with Crippen molar-refractivity contribution >= 4 is 0 Å². The molecule has 0 aromatic heterocycles. The van der Waals surface area contributed by atoms with Crippen molar-refractivity contribution in [1.29, 1.82) is 0 Å². The molecule has 0 saturated heterocycles. The van der Waals surface area contributed by atoms with Gasteiger partial charge in [-0.2, -0.15) is 0 Å². The van der Waals surface area contributed by atoms with Crippen molar-refractivity contribution in [1.82, 2.24) is 5.32 Å². The predicted molar refractivity (Wildman–Crippen MR) is 52.9 cm³/mol. The third-order valence-corrected chi connectivity index (χ3v) is 2.53. The molecule has 1 aromatic rings. The van der Waals surface area contributed by atoms with Crippen LogP contribution in [0.3, 0.4) is 0 Å². The highest BCUT2D eigenvalue weighted by Crippen LogP contribution is 2.38. The van der Waals surface area contributed by atoms with Gasteiger partial charge in [-0.05, 0) is 19.5 Å². The Morgan fingerprint density at radius 3 is 3.00 bits per heavy atom. The number of hydrogen-bond donors (Lipinski definition) is 1. The molecule has 0 amide bonds. The fraction of sp³-hybridized carbons (Fsp3) is 0.455. The minimum atomic E-state index is -0.269. The summed E-state index contributed by atoms with van der Waals surface area (Å²) in [6, 6.07) is 5.18. The molecule has 2 rings (SSSR count). The largest absolute Gasteiger partial charge is 0.485 e. The zero-order chi connectivity index (χ0) is 10.1. The van der Waals surface area contributed by atoms with Crippen molar-refractivity contribution in [3.8, 4) is 5.75 Å². The van der Waals surface area contributed by atoms with Crippen LogP contribution in [0.4, 0.5) is 4.39 Å². The van der Waals surface area contributed by atoms with Crippen LogP contribution in [0.1, 0.15) is 25.5 Å².